The molecule has 0 bridgehead atoms. The van der Waals surface area contributed by atoms with Gasteiger partial charge in [-0.05, 0) is 24.6 Å². The molecule has 2 aliphatic rings. The standard InChI is InChI=1S/C25H28F3N3O3/c1-2-6-17-9-10-20-21-18(14-31(20)24(17)34)19(15-32)22(30(21)12-11-25(26,27)28)23(33)29-13-16-7-4-3-5-8-16/h2-10,18-19,21-22,32H,11-15H2,1H3,(H,29,33)/b6-2+/t18-,19-,21+,22-/m1/s1. The van der Waals surface area contributed by atoms with Crippen LogP contribution in [0.4, 0.5) is 13.2 Å². The summed E-state index contributed by atoms with van der Waals surface area (Å²) in [5.41, 5.74) is 1.72. The van der Waals surface area contributed by atoms with Gasteiger partial charge in [-0.2, -0.15) is 13.2 Å². The van der Waals surface area contributed by atoms with Crippen LogP contribution in [0.15, 0.2) is 53.3 Å². The van der Waals surface area contributed by atoms with Gasteiger partial charge in [0.15, 0.2) is 0 Å². The highest BCUT2D eigenvalue weighted by atomic mass is 19.4. The van der Waals surface area contributed by atoms with Crippen LogP contribution in [0.25, 0.3) is 6.08 Å². The summed E-state index contributed by atoms with van der Waals surface area (Å²) in [5.74, 6) is -1.36. The van der Waals surface area contributed by atoms with E-state index in [0.29, 0.717) is 11.3 Å². The third-order valence-electron chi connectivity index (χ3n) is 6.80. The second kappa shape index (κ2) is 9.76. The Morgan fingerprint density at radius 1 is 1.21 bits per heavy atom. The molecule has 0 spiro atoms. The fourth-order valence-corrected chi connectivity index (χ4v) is 5.33. The maximum absolute atomic E-state index is 13.2. The van der Waals surface area contributed by atoms with Gasteiger partial charge in [0.2, 0.25) is 5.91 Å². The molecular formula is C25H28F3N3O3. The number of benzene rings is 1. The molecule has 1 saturated heterocycles. The predicted octanol–water partition coefficient (Wildman–Crippen LogP) is 3.11. The van der Waals surface area contributed by atoms with E-state index >= 15 is 0 Å². The number of aliphatic hydroxyl groups excluding tert-OH is 1. The van der Waals surface area contributed by atoms with Crippen molar-refractivity contribution >= 4 is 12.0 Å². The number of carbonyl (C=O) groups excluding carboxylic acids is 1. The Hall–Kier alpha value is -2.91. The van der Waals surface area contributed by atoms with Crippen LogP contribution in [-0.4, -0.2) is 45.9 Å². The van der Waals surface area contributed by atoms with E-state index in [4.69, 9.17) is 0 Å². The first-order chi connectivity index (χ1) is 16.2. The molecule has 2 N–H and O–H groups in total. The van der Waals surface area contributed by atoms with Gasteiger partial charge in [-0.3, -0.25) is 14.5 Å². The van der Waals surface area contributed by atoms with Crippen molar-refractivity contribution in [2.45, 2.75) is 44.7 Å². The number of fused-ring (bicyclic) bond motifs is 3. The summed E-state index contributed by atoms with van der Waals surface area (Å²) in [7, 11) is 0. The zero-order chi connectivity index (χ0) is 24.5. The number of alkyl halides is 3. The minimum Gasteiger partial charge on any atom is -0.396 e. The van der Waals surface area contributed by atoms with Crippen molar-refractivity contribution < 1.29 is 23.1 Å². The molecule has 0 aliphatic carbocycles. The second-order valence-electron chi connectivity index (χ2n) is 8.84. The molecular weight excluding hydrogens is 447 g/mol. The molecule has 1 fully saturated rings. The Balaban J connectivity index is 1.67. The molecule has 6 nitrogen and oxygen atoms in total. The Labute approximate surface area is 195 Å². The van der Waals surface area contributed by atoms with Crippen LogP contribution < -0.4 is 10.9 Å². The van der Waals surface area contributed by atoms with Crippen molar-refractivity contribution in [1.82, 2.24) is 14.8 Å². The first-order valence-corrected chi connectivity index (χ1v) is 11.4. The molecule has 182 valence electrons. The van der Waals surface area contributed by atoms with Gasteiger partial charge in [0.25, 0.3) is 5.56 Å². The van der Waals surface area contributed by atoms with E-state index in [0.717, 1.165) is 5.56 Å². The Morgan fingerprint density at radius 2 is 1.94 bits per heavy atom. The van der Waals surface area contributed by atoms with Crippen molar-refractivity contribution in [3.8, 4) is 0 Å². The van der Waals surface area contributed by atoms with Gasteiger partial charge in [-0.1, -0.05) is 42.5 Å². The van der Waals surface area contributed by atoms with Gasteiger partial charge in [0, 0.05) is 49.3 Å². The number of halogens is 3. The molecule has 1 aromatic heterocycles. The number of aliphatic hydroxyl groups is 1. The minimum absolute atomic E-state index is 0.220. The Morgan fingerprint density at radius 3 is 2.59 bits per heavy atom. The lowest BCUT2D eigenvalue weighted by atomic mass is 9.88. The number of nitrogens with zero attached hydrogens (tertiary/aromatic N) is 2. The summed E-state index contributed by atoms with van der Waals surface area (Å²) in [6.45, 7) is 1.53. The van der Waals surface area contributed by atoms with Crippen LogP contribution in [0, 0.1) is 11.8 Å². The fraction of sp³-hybridized carbons (Fsp3) is 0.440. The summed E-state index contributed by atoms with van der Waals surface area (Å²) < 4.78 is 41.1. The van der Waals surface area contributed by atoms with E-state index in [9.17, 15) is 27.9 Å². The number of rotatable bonds is 7. The van der Waals surface area contributed by atoms with Crippen molar-refractivity contribution in [2.75, 3.05) is 13.2 Å². The third-order valence-corrected chi connectivity index (χ3v) is 6.80. The molecule has 2 aliphatic heterocycles. The number of likely N-dealkylation sites (tertiary alicyclic amines) is 1. The van der Waals surface area contributed by atoms with Crippen molar-refractivity contribution in [3.05, 3.63) is 75.7 Å². The predicted molar refractivity (Wildman–Crippen MR) is 122 cm³/mol. The normalized spacial score (nSPS) is 24.4. The molecule has 1 amide bonds. The first-order valence-electron chi connectivity index (χ1n) is 11.4. The number of hydrogen-bond donors (Lipinski definition) is 2. The monoisotopic (exact) mass is 475 g/mol. The lowest BCUT2D eigenvalue weighted by Crippen LogP contribution is -2.49. The smallest absolute Gasteiger partial charge is 0.390 e. The summed E-state index contributed by atoms with van der Waals surface area (Å²) in [6, 6.07) is 11.2. The van der Waals surface area contributed by atoms with E-state index in [-0.39, 0.29) is 31.2 Å². The van der Waals surface area contributed by atoms with E-state index in [1.165, 1.54) is 4.90 Å². The number of carbonyl (C=O) groups is 1. The molecule has 4 atom stereocenters. The molecule has 2 aromatic rings. The second-order valence-corrected chi connectivity index (χ2v) is 8.84. The van der Waals surface area contributed by atoms with Gasteiger partial charge in [-0.25, -0.2) is 0 Å². The van der Waals surface area contributed by atoms with Gasteiger partial charge in [0.05, 0.1) is 18.5 Å². The third kappa shape index (κ3) is 4.67. The number of aromatic nitrogens is 1. The van der Waals surface area contributed by atoms with Crippen LogP contribution in [0.3, 0.4) is 0 Å². The first kappa shape index (κ1) is 24.2. The van der Waals surface area contributed by atoms with E-state index < -0.39 is 43.1 Å². The molecule has 3 heterocycles. The molecule has 0 unspecified atom stereocenters. The van der Waals surface area contributed by atoms with Crippen LogP contribution in [-0.2, 0) is 17.9 Å². The van der Waals surface area contributed by atoms with Gasteiger partial charge < -0.3 is 15.0 Å². The summed E-state index contributed by atoms with van der Waals surface area (Å²) in [5, 5.41) is 13.1. The zero-order valence-electron chi connectivity index (χ0n) is 18.8. The van der Waals surface area contributed by atoms with Gasteiger partial charge >= 0.3 is 6.18 Å². The largest absolute Gasteiger partial charge is 0.396 e. The Kier molecular flexibility index (Phi) is 6.95. The molecule has 1 aromatic carbocycles. The number of allylic oxidation sites excluding steroid dienone is 1. The van der Waals surface area contributed by atoms with Gasteiger partial charge in [0.1, 0.15) is 0 Å². The lowest BCUT2D eigenvalue weighted by molar-refractivity contribution is -0.143. The van der Waals surface area contributed by atoms with Crippen molar-refractivity contribution in [3.63, 3.8) is 0 Å². The van der Waals surface area contributed by atoms with E-state index in [2.05, 4.69) is 5.32 Å². The average molecular weight is 476 g/mol. The highest BCUT2D eigenvalue weighted by Gasteiger charge is 2.55. The maximum atomic E-state index is 13.2. The topological polar surface area (TPSA) is 74.6 Å². The minimum atomic E-state index is -4.40. The SMILES string of the molecule is C/C=C/c1ccc2n(c1=O)C[C@@H]1[C@@H](CO)[C@H](C(=O)NCc3ccccc3)N(CCC(F)(F)F)[C@H]21. The summed E-state index contributed by atoms with van der Waals surface area (Å²) >= 11 is 0. The zero-order valence-corrected chi connectivity index (χ0v) is 18.8. The van der Waals surface area contributed by atoms with E-state index in [1.54, 1.807) is 35.8 Å². The quantitative estimate of drug-likeness (QED) is 0.646. The molecule has 34 heavy (non-hydrogen) atoms. The molecule has 9 heteroatoms. The van der Waals surface area contributed by atoms with Crippen LogP contribution in [0.5, 0.6) is 0 Å². The Bertz CT molecular complexity index is 1110. The van der Waals surface area contributed by atoms with E-state index in [1.807, 2.05) is 30.3 Å². The molecule has 0 saturated carbocycles. The number of nitrogens with one attached hydrogen (secondary N) is 1. The number of hydrogen-bond acceptors (Lipinski definition) is 4. The lowest BCUT2D eigenvalue weighted by Gasteiger charge is -2.31. The van der Waals surface area contributed by atoms with Crippen molar-refractivity contribution in [2.24, 2.45) is 11.8 Å². The van der Waals surface area contributed by atoms with Crippen LogP contribution >= 0.6 is 0 Å². The summed E-state index contributed by atoms with van der Waals surface area (Å²) in [4.78, 5) is 27.7. The maximum Gasteiger partial charge on any atom is 0.390 e. The molecule has 4 rings (SSSR count). The van der Waals surface area contributed by atoms with Crippen molar-refractivity contribution in [1.29, 1.82) is 0 Å². The van der Waals surface area contributed by atoms with Gasteiger partial charge in [-0.15, -0.1) is 0 Å². The highest BCUT2D eigenvalue weighted by molar-refractivity contribution is 5.82. The number of pyridine rings is 1. The highest BCUT2D eigenvalue weighted by Crippen LogP contribution is 2.49. The number of amides is 1. The average Bonchev–Trinajstić information content (AvgIpc) is 3.33. The fourth-order valence-electron chi connectivity index (χ4n) is 5.33. The van der Waals surface area contributed by atoms with Crippen LogP contribution in [0.1, 0.15) is 36.2 Å². The van der Waals surface area contributed by atoms with Crippen LogP contribution in [0.2, 0.25) is 0 Å². The molecule has 0 radical (unpaired) electrons. The summed E-state index contributed by atoms with van der Waals surface area (Å²) in [6.07, 6.45) is -2.04.